The normalized spacial score (nSPS) is 14.5. The lowest BCUT2D eigenvalue weighted by Crippen LogP contribution is -2.42. The number of benzene rings is 1. The van der Waals surface area contributed by atoms with Crippen molar-refractivity contribution in [2.24, 2.45) is 0 Å². The molecule has 2 heterocycles. The smallest absolute Gasteiger partial charge is 0.252 e. The van der Waals surface area contributed by atoms with Gasteiger partial charge in [0.05, 0.1) is 18.8 Å². The Kier molecular flexibility index (Phi) is 3.95. The molecule has 0 aliphatic carbocycles. The summed E-state index contributed by atoms with van der Waals surface area (Å²) in [6.45, 7) is 10.9. The van der Waals surface area contributed by atoms with E-state index in [9.17, 15) is 4.79 Å². The second-order valence-corrected chi connectivity index (χ2v) is 7.73. The van der Waals surface area contributed by atoms with Gasteiger partial charge in [0.1, 0.15) is 0 Å². The van der Waals surface area contributed by atoms with Gasteiger partial charge >= 0.3 is 0 Å². The first-order valence-corrected chi connectivity index (χ1v) is 8.03. The molecule has 0 radical (unpaired) electrons. The number of rotatable bonds is 3. The van der Waals surface area contributed by atoms with Crippen molar-refractivity contribution in [1.29, 1.82) is 0 Å². The van der Waals surface area contributed by atoms with Gasteiger partial charge in [-0.15, -0.1) is 0 Å². The summed E-state index contributed by atoms with van der Waals surface area (Å²) in [7, 11) is 0. The third-order valence-corrected chi connectivity index (χ3v) is 4.04. The van der Waals surface area contributed by atoms with Gasteiger partial charge in [0.25, 0.3) is 5.91 Å². The van der Waals surface area contributed by atoms with Crippen LogP contribution in [-0.4, -0.2) is 16.0 Å². The fourth-order valence-corrected chi connectivity index (χ4v) is 2.51. The van der Waals surface area contributed by atoms with E-state index in [0.717, 1.165) is 11.1 Å². The highest BCUT2D eigenvalue weighted by molar-refractivity contribution is 5.95. The van der Waals surface area contributed by atoms with Crippen molar-refractivity contribution in [1.82, 2.24) is 15.5 Å². The van der Waals surface area contributed by atoms with Gasteiger partial charge in [-0.2, -0.15) is 4.98 Å². The van der Waals surface area contributed by atoms with Crippen LogP contribution in [0.4, 0.5) is 0 Å². The highest BCUT2D eigenvalue weighted by Crippen LogP contribution is 2.25. The van der Waals surface area contributed by atoms with E-state index in [0.29, 0.717) is 30.5 Å². The number of ether oxygens (including phenoxy) is 1. The Morgan fingerprint density at radius 1 is 1.12 bits per heavy atom. The van der Waals surface area contributed by atoms with Gasteiger partial charge in [-0.1, -0.05) is 32.0 Å². The lowest BCUT2D eigenvalue weighted by Gasteiger charge is -2.22. The van der Waals surface area contributed by atoms with Crippen LogP contribution in [0.15, 0.2) is 22.7 Å². The maximum Gasteiger partial charge on any atom is 0.252 e. The second kappa shape index (κ2) is 5.70. The standard InChI is InChI=1S/C18H23N3O3/c1-17(2,3)16-19-15(21-24-16)18(4,5)20-14(22)11-6-7-12-9-23-10-13(12)8-11/h6-8H,9-10H2,1-5H3,(H,20,22). The Morgan fingerprint density at radius 2 is 1.83 bits per heavy atom. The third-order valence-electron chi connectivity index (χ3n) is 4.04. The van der Waals surface area contributed by atoms with E-state index in [2.05, 4.69) is 15.5 Å². The number of aromatic nitrogens is 2. The van der Waals surface area contributed by atoms with Crippen molar-refractivity contribution >= 4 is 5.91 Å². The molecule has 1 aromatic heterocycles. The first-order valence-electron chi connectivity index (χ1n) is 8.03. The van der Waals surface area contributed by atoms with Crippen molar-refractivity contribution in [3.63, 3.8) is 0 Å². The van der Waals surface area contributed by atoms with E-state index in [4.69, 9.17) is 9.26 Å². The van der Waals surface area contributed by atoms with Gasteiger partial charge < -0.3 is 14.6 Å². The van der Waals surface area contributed by atoms with Gasteiger partial charge in [-0.05, 0) is 37.1 Å². The molecular formula is C18H23N3O3. The van der Waals surface area contributed by atoms with Crippen molar-refractivity contribution in [3.05, 3.63) is 46.6 Å². The summed E-state index contributed by atoms with van der Waals surface area (Å²) in [5.41, 5.74) is 1.84. The molecule has 1 aromatic carbocycles. The van der Waals surface area contributed by atoms with Crippen LogP contribution in [-0.2, 0) is 28.9 Å². The number of amides is 1. The van der Waals surface area contributed by atoms with Crippen molar-refractivity contribution in [2.75, 3.05) is 0 Å². The largest absolute Gasteiger partial charge is 0.372 e. The Bertz CT molecular complexity index is 772. The Hall–Kier alpha value is -2.21. The van der Waals surface area contributed by atoms with Gasteiger partial charge in [-0.25, -0.2) is 0 Å². The molecule has 0 unspecified atom stereocenters. The summed E-state index contributed by atoms with van der Waals surface area (Å²) in [6, 6.07) is 5.64. The van der Waals surface area contributed by atoms with E-state index in [-0.39, 0.29) is 11.3 Å². The third kappa shape index (κ3) is 3.19. The van der Waals surface area contributed by atoms with Crippen LogP contribution in [0.2, 0.25) is 0 Å². The fourth-order valence-electron chi connectivity index (χ4n) is 2.51. The first-order chi connectivity index (χ1) is 11.2. The number of nitrogens with zero attached hydrogens (tertiary/aromatic N) is 2. The summed E-state index contributed by atoms with van der Waals surface area (Å²) in [5, 5.41) is 7.02. The zero-order valence-electron chi connectivity index (χ0n) is 14.8. The van der Waals surface area contributed by atoms with E-state index < -0.39 is 5.54 Å². The molecule has 6 heteroatoms. The summed E-state index contributed by atoms with van der Waals surface area (Å²) < 4.78 is 10.7. The highest BCUT2D eigenvalue weighted by Gasteiger charge is 2.32. The average Bonchev–Trinajstić information content (AvgIpc) is 3.15. The van der Waals surface area contributed by atoms with Gasteiger partial charge in [0, 0.05) is 11.0 Å². The molecule has 0 fully saturated rings. The minimum atomic E-state index is -0.737. The molecular weight excluding hydrogens is 306 g/mol. The Labute approximate surface area is 141 Å². The Morgan fingerprint density at radius 3 is 2.50 bits per heavy atom. The number of hydrogen-bond acceptors (Lipinski definition) is 5. The molecule has 2 aromatic rings. The minimum Gasteiger partial charge on any atom is -0.372 e. The van der Waals surface area contributed by atoms with Crippen LogP contribution in [0.1, 0.15) is 67.8 Å². The van der Waals surface area contributed by atoms with Gasteiger partial charge in [0.2, 0.25) is 5.89 Å². The molecule has 128 valence electrons. The van der Waals surface area contributed by atoms with E-state index >= 15 is 0 Å². The minimum absolute atomic E-state index is 0.170. The quantitative estimate of drug-likeness (QED) is 0.936. The summed E-state index contributed by atoms with van der Waals surface area (Å²) in [6.07, 6.45) is 0. The predicted molar refractivity (Wildman–Crippen MR) is 88.4 cm³/mol. The lowest BCUT2D eigenvalue weighted by molar-refractivity contribution is 0.0907. The number of nitrogens with one attached hydrogen (secondary N) is 1. The molecule has 1 aliphatic rings. The number of carbonyl (C=O) groups excluding carboxylic acids is 1. The molecule has 1 aliphatic heterocycles. The first kappa shape index (κ1) is 16.6. The molecule has 1 amide bonds. The highest BCUT2D eigenvalue weighted by atomic mass is 16.5. The van der Waals surface area contributed by atoms with Crippen molar-refractivity contribution in [3.8, 4) is 0 Å². The molecule has 24 heavy (non-hydrogen) atoms. The van der Waals surface area contributed by atoms with Crippen LogP contribution in [0.3, 0.4) is 0 Å². The lowest BCUT2D eigenvalue weighted by atomic mass is 9.96. The molecule has 3 rings (SSSR count). The molecule has 0 saturated carbocycles. The van der Waals surface area contributed by atoms with Crippen LogP contribution in [0.25, 0.3) is 0 Å². The van der Waals surface area contributed by atoms with Crippen LogP contribution >= 0.6 is 0 Å². The van der Waals surface area contributed by atoms with Crippen LogP contribution < -0.4 is 5.32 Å². The summed E-state index contributed by atoms with van der Waals surface area (Å²) in [5.74, 6) is 0.844. The topological polar surface area (TPSA) is 77.2 Å². The van der Waals surface area contributed by atoms with E-state index in [1.165, 1.54) is 0 Å². The average molecular weight is 329 g/mol. The molecule has 1 N–H and O–H groups in total. The number of hydrogen-bond donors (Lipinski definition) is 1. The summed E-state index contributed by atoms with van der Waals surface area (Å²) in [4.78, 5) is 17.0. The number of carbonyl (C=O) groups is 1. The van der Waals surface area contributed by atoms with Gasteiger partial charge in [-0.3, -0.25) is 4.79 Å². The zero-order chi connectivity index (χ0) is 17.5. The van der Waals surface area contributed by atoms with E-state index in [1.807, 2.05) is 52.8 Å². The van der Waals surface area contributed by atoms with E-state index in [1.54, 1.807) is 0 Å². The molecule has 0 atom stereocenters. The fraction of sp³-hybridized carbons (Fsp3) is 0.500. The van der Waals surface area contributed by atoms with Crippen molar-refractivity contribution in [2.45, 2.75) is 58.8 Å². The maximum atomic E-state index is 12.6. The Balaban J connectivity index is 1.78. The monoisotopic (exact) mass is 329 g/mol. The van der Waals surface area contributed by atoms with Crippen LogP contribution in [0.5, 0.6) is 0 Å². The predicted octanol–water partition coefficient (Wildman–Crippen LogP) is 3.06. The van der Waals surface area contributed by atoms with Crippen molar-refractivity contribution < 1.29 is 14.1 Å². The zero-order valence-corrected chi connectivity index (χ0v) is 14.8. The molecule has 0 saturated heterocycles. The second-order valence-electron chi connectivity index (χ2n) is 7.73. The molecule has 6 nitrogen and oxygen atoms in total. The maximum absolute atomic E-state index is 12.6. The van der Waals surface area contributed by atoms with Gasteiger partial charge in [0.15, 0.2) is 5.82 Å². The molecule has 0 bridgehead atoms. The SMILES string of the molecule is CC(C)(C)c1nc(C(C)(C)NC(=O)c2ccc3c(c2)COC3)no1. The van der Waals surface area contributed by atoms with Crippen LogP contribution in [0, 0.1) is 0 Å². The summed E-state index contributed by atoms with van der Waals surface area (Å²) >= 11 is 0. The molecule has 0 spiro atoms. The number of fused-ring (bicyclic) bond motifs is 1.